The predicted octanol–water partition coefficient (Wildman–Crippen LogP) is 4.36. The van der Waals surface area contributed by atoms with E-state index in [2.05, 4.69) is 19.2 Å². The SMILES string of the molecule is CC(C)NCC1CCCC1c1ccc(Cl)cc1F. The molecule has 3 heteroatoms. The van der Waals surface area contributed by atoms with Gasteiger partial charge in [-0.3, -0.25) is 0 Å². The summed E-state index contributed by atoms with van der Waals surface area (Å²) in [5.41, 5.74) is 0.840. The van der Waals surface area contributed by atoms with Crippen molar-refractivity contribution in [2.24, 2.45) is 5.92 Å². The van der Waals surface area contributed by atoms with Crippen molar-refractivity contribution in [2.45, 2.75) is 45.1 Å². The Balaban J connectivity index is 2.10. The summed E-state index contributed by atoms with van der Waals surface area (Å²) >= 11 is 5.81. The minimum absolute atomic E-state index is 0.149. The third-order valence-corrected chi connectivity index (χ3v) is 4.04. The number of benzene rings is 1. The van der Waals surface area contributed by atoms with Crippen LogP contribution in [0.5, 0.6) is 0 Å². The van der Waals surface area contributed by atoms with Crippen molar-refractivity contribution in [3.8, 4) is 0 Å². The zero-order valence-electron chi connectivity index (χ0n) is 11.0. The van der Waals surface area contributed by atoms with Crippen molar-refractivity contribution < 1.29 is 4.39 Å². The van der Waals surface area contributed by atoms with Crippen molar-refractivity contribution >= 4 is 11.6 Å². The summed E-state index contributed by atoms with van der Waals surface area (Å²) in [4.78, 5) is 0. The van der Waals surface area contributed by atoms with Crippen LogP contribution in [0.3, 0.4) is 0 Å². The summed E-state index contributed by atoms with van der Waals surface area (Å²) in [6, 6.07) is 5.57. The Kier molecular flexibility index (Phi) is 4.63. The summed E-state index contributed by atoms with van der Waals surface area (Å²) < 4.78 is 14.0. The molecule has 0 aromatic heterocycles. The number of hydrogen-bond acceptors (Lipinski definition) is 1. The van der Waals surface area contributed by atoms with E-state index in [1.165, 1.54) is 18.9 Å². The van der Waals surface area contributed by atoms with Crippen LogP contribution in [-0.2, 0) is 0 Å². The number of hydrogen-bond donors (Lipinski definition) is 1. The summed E-state index contributed by atoms with van der Waals surface area (Å²) in [5, 5.41) is 3.95. The average Bonchev–Trinajstić information content (AvgIpc) is 2.74. The van der Waals surface area contributed by atoms with E-state index < -0.39 is 0 Å². The van der Waals surface area contributed by atoms with Gasteiger partial charge in [0.05, 0.1) is 0 Å². The van der Waals surface area contributed by atoms with Crippen molar-refractivity contribution in [3.05, 3.63) is 34.6 Å². The molecular formula is C15H21ClFN. The van der Waals surface area contributed by atoms with Gasteiger partial charge >= 0.3 is 0 Å². The summed E-state index contributed by atoms with van der Waals surface area (Å²) in [5.74, 6) is 0.737. The highest BCUT2D eigenvalue weighted by atomic mass is 35.5. The Labute approximate surface area is 114 Å². The number of nitrogens with one attached hydrogen (secondary N) is 1. The maximum Gasteiger partial charge on any atom is 0.128 e. The van der Waals surface area contributed by atoms with Crippen LogP contribution in [0.15, 0.2) is 18.2 Å². The van der Waals surface area contributed by atoms with Gasteiger partial charge in [0, 0.05) is 11.1 Å². The molecule has 1 aromatic carbocycles. The van der Waals surface area contributed by atoms with Crippen LogP contribution in [0.4, 0.5) is 4.39 Å². The molecule has 0 bridgehead atoms. The summed E-state index contributed by atoms with van der Waals surface area (Å²) in [6.45, 7) is 5.27. The van der Waals surface area contributed by atoms with Crippen LogP contribution in [0.25, 0.3) is 0 Å². The Morgan fingerprint density at radius 3 is 2.83 bits per heavy atom. The first-order chi connectivity index (χ1) is 8.58. The van der Waals surface area contributed by atoms with Gasteiger partial charge in [0.15, 0.2) is 0 Å². The minimum Gasteiger partial charge on any atom is -0.314 e. The fraction of sp³-hybridized carbons (Fsp3) is 0.600. The molecule has 100 valence electrons. The van der Waals surface area contributed by atoms with E-state index in [0.29, 0.717) is 22.9 Å². The van der Waals surface area contributed by atoms with Crippen molar-refractivity contribution in [3.63, 3.8) is 0 Å². The van der Waals surface area contributed by atoms with E-state index in [-0.39, 0.29) is 5.82 Å². The highest BCUT2D eigenvalue weighted by Gasteiger charge is 2.30. The van der Waals surface area contributed by atoms with Gasteiger partial charge in [0.1, 0.15) is 5.82 Å². The first kappa shape index (κ1) is 13.8. The molecular weight excluding hydrogens is 249 g/mol. The highest BCUT2D eigenvalue weighted by molar-refractivity contribution is 6.30. The maximum atomic E-state index is 14.0. The van der Waals surface area contributed by atoms with Gasteiger partial charge in [0.25, 0.3) is 0 Å². The van der Waals surface area contributed by atoms with Gasteiger partial charge < -0.3 is 5.32 Å². The van der Waals surface area contributed by atoms with Gasteiger partial charge in [-0.05, 0) is 48.9 Å². The van der Waals surface area contributed by atoms with E-state index in [0.717, 1.165) is 18.5 Å². The average molecular weight is 270 g/mol. The summed E-state index contributed by atoms with van der Waals surface area (Å²) in [6.07, 6.45) is 3.46. The molecule has 1 aliphatic rings. The molecule has 1 N–H and O–H groups in total. The molecule has 2 rings (SSSR count). The standard InChI is InChI=1S/C15H21ClFN/c1-10(2)18-9-11-4-3-5-13(11)14-7-6-12(16)8-15(14)17/h6-8,10-11,13,18H,3-5,9H2,1-2H3. The fourth-order valence-electron chi connectivity index (χ4n) is 2.88. The van der Waals surface area contributed by atoms with Crippen molar-refractivity contribution in [1.82, 2.24) is 5.32 Å². The van der Waals surface area contributed by atoms with Crippen LogP contribution in [0, 0.1) is 11.7 Å². The molecule has 2 unspecified atom stereocenters. The first-order valence-electron chi connectivity index (χ1n) is 6.76. The van der Waals surface area contributed by atoms with Crippen LogP contribution < -0.4 is 5.32 Å². The lowest BCUT2D eigenvalue weighted by atomic mass is 9.88. The van der Waals surface area contributed by atoms with Gasteiger partial charge in [-0.25, -0.2) is 4.39 Å². The molecule has 1 aromatic rings. The lowest BCUT2D eigenvalue weighted by molar-refractivity contribution is 0.414. The van der Waals surface area contributed by atoms with Gasteiger partial charge in [-0.1, -0.05) is 37.9 Å². The number of rotatable bonds is 4. The zero-order chi connectivity index (χ0) is 13.1. The molecule has 1 nitrogen and oxygen atoms in total. The highest BCUT2D eigenvalue weighted by Crippen LogP contribution is 2.40. The Hall–Kier alpha value is -0.600. The zero-order valence-corrected chi connectivity index (χ0v) is 11.8. The lowest BCUT2D eigenvalue weighted by Gasteiger charge is -2.22. The van der Waals surface area contributed by atoms with E-state index >= 15 is 0 Å². The van der Waals surface area contributed by atoms with Crippen molar-refractivity contribution in [1.29, 1.82) is 0 Å². The maximum absolute atomic E-state index is 14.0. The number of halogens is 2. The Morgan fingerprint density at radius 2 is 2.17 bits per heavy atom. The predicted molar refractivity (Wildman–Crippen MR) is 74.6 cm³/mol. The van der Waals surface area contributed by atoms with E-state index in [9.17, 15) is 4.39 Å². The quantitative estimate of drug-likeness (QED) is 0.856. The minimum atomic E-state index is -0.149. The van der Waals surface area contributed by atoms with Crippen LogP contribution in [0.2, 0.25) is 5.02 Å². The van der Waals surface area contributed by atoms with E-state index in [1.54, 1.807) is 6.07 Å². The largest absolute Gasteiger partial charge is 0.314 e. The molecule has 2 atom stereocenters. The molecule has 1 aliphatic carbocycles. The molecule has 0 radical (unpaired) electrons. The second kappa shape index (κ2) is 6.03. The Bertz CT molecular complexity index is 405. The lowest BCUT2D eigenvalue weighted by Crippen LogP contribution is -2.30. The third kappa shape index (κ3) is 3.24. The third-order valence-electron chi connectivity index (χ3n) is 3.81. The fourth-order valence-corrected chi connectivity index (χ4v) is 3.04. The first-order valence-corrected chi connectivity index (χ1v) is 7.14. The molecule has 0 spiro atoms. The topological polar surface area (TPSA) is 12.0 Å². The molecule has 0 saturated heterocycles. The van der Waals surface area contributed by atoms with Crippen molar-refractivity contribution in [2.75, 3.05) is 6.54 Å². The van der Waals surface area contributed by atoms with Gasteiger partial charge in [-0.2, -0.15) is 0 Å². The molecule has 1 fully saturated rings. The van der Waals surface area contributed by atoms with Crippen LogP contribution >= 0.6 is 11.6 Å². The molecule has 0 amide bonds. The molecule has 18 heavy (non-hydrogen) atoms. The molecule has 1 saturated carbocycles. The van der Waals surface area contributed by atoms with E-state index in [4.69, 9.17) is 11.6 Å². The monoisotopic (exact) mass is 269 g/mol. The van der Waals surface area contributed by atoms with Crippen LogP contribution in [-0.4, -0.2) is 12.6 Å². The second-order valence-corrected chi connectivity index (χ2v) is 5.96. The smallest absolute Gasteiger partial charge is 0.128 e. The van der Waals surface area contributed by atoms with E-state index in [1.807, 2.05) is 6.07 Å². The van der Waals surface area contributed by atoms with Crippen LogP contribution in [0.1, 0.15) is 44.6 Å². The van der Waals surface area contributed by atoms with Gasteiger partial charge in [0.2, 0.25) is 0 Å². The Morgan fingerprint density at radius 1 is 1.39 bits per heavy atom. The molecule has 0 heterocycles. The van der Waals surface area contributed by atoms with Gasteiger partial charge in [-0.15, -0.1) is 0 Å². The summed E-state index contributed by atoms with van der Waals surface area (Å²) in [7, 11) is 0. The molecule has 0 aliphatic heterocycles. The normalized spacial score (nSPS) is 23.8. The second-order valence-electron chi connectivity index (χ2n) is 5.53.